The van der Waals surface area contributed by atoms with Gasteiger partial charge in [-0.1, -0.05) is 66.7 Å². The Bertz CT molecular complexity index is 1160. The zero-order valence-corrected chi connectivity index (χ0v) is 16.8. The molecule has 0 aliphatic rings. The monoisotopic (exact) mass is 407 g/mol. The lowest BCUT2D eigenvalue weighted by molar-refractivity contribution is -0.118. The van der Waals surface area contributed by atoms with Crippen LogP contribution in [0.3, 0.4) is 0 Å². The molecule has 0 saturated carbocycles. The summed E-state index contributed by atoms with van der Waals surface area (Å²) in [5, 5.41) is 11.2. The third-order valence-electron chi connectivity index (χ3n) is 4.52. The zero-order chi connectivity index (χ0) is 21.3. The van der Waals surface area contributed by atoms with Gasteiger partial charge in [0.05, 0.1) is 11.4 Å². The van der Waals surface area contributed by atoms with E-state index in [1.807, 2.05) is 84.9 Å². The number of para-hydroxylation sites is 1. The minimum atomic E-state index is -0.235. The maximum Gasteiger partial charge on any atom is 0.262 e. The zero-order valence-electron chi connectivity index (χ0n) is 16.8. The van der Waals surface area contributed by atoms with E-state index in [0.717, 1.165) is 16.8 Å². The number of anilines is 1. The van der Waals surface area contributed by atoms with Crippen LogP contribution in [0.2, 0.25) is 0 Å². The van der Waals surface area contributed by atoms with Gasteiger partial charge in [0.1, 0.15) is 5.75 Å². The van der Waals surface area contributed by atoms with Crippen LogP contribution in [0.1, 0.15) is 0 Å². The minimum absolute atomic E-state index is 0.0840. The summed E-state index contributed by atoms with van der Waals surface area (Å²) in [7, 11) is 0. The van der Waals surface area contributed by atoms with E-state index >= 15 is 0 Å². The standard InChI is InChI=1S/C26H21N3O2/c30-26(19-31-25-14-8-7-13-24(25)20-9-3-1-4-10-20)27-21-15-17-23(18-16-21)29-28-22-11-5-2-6-12-22/h1-18H,19H2,(H,27,30). The molecule has 5 nitrogen and oxygen atoms in total. The Hall–Kier alpha value is -4.25. The van der Waals surface area contributed by atoms with Crippen molar-refractivity contribution in [1.29, 1.82) is 0 Å². The highest BCUT2D eigenvalue weighted by molar-refractivity contribution is 5.92. The fraction of sp³-hybridized carbons (Fsp3) is 0.0385. The molecule has 0 spiro atoms. The van der Waals surface area contributed by atoms with Crippen LogP contribution < -0.4 is 10.1 Å². The van der Waals surface area contributed by atoms with Crippen molar-refractivity contribution in [3.05, 3.63) is 109 Å². The molecule has 1 N–H and O–H groups in total. The third kappa shape index (κ3) is 5.64. The molecule has 0 fully saturated rings. The molecule has 4 aromatic carbocycles. The van der Waals surface area contributed by atoms with Crippen LogP contribution in [-0.4, -0.2) is 12.5 Å². The first-order valence-electron chi connectivity index (χ1n) is 9.92. The van der Waals surface area contributed by atoms with E-state index < -0.39 is 0 Å². The first-order valence-corrected chi connectivity index (χ1v) is 9.92. The molecule has 4 rings (SSSR count). The average Bonchev–Trinajstić information content (AvgIpc) is 2.84. The van der Waals surface area contributed by atoms with Gasteiger partial charge >= 0.3 is 0 Å². The van der Waals surface area contributed by atoms with E-state index in [0.29, 0.717) is 17.1 Å². The Morgan fingerprint density at radius 3 is 1.97 bits per heavy atom. The summed E-state index contributed by atoms with van der Waals surface area (Å²) in [6.45, 7) is -0.0840. The molecule has 4 aromatic rings. The number of hydrogen-bond donors (Lipinski definition) is 1. The number of ether oxygens (including phenoxy) is 1. The molecule has 0 radical (unpaired) electrons. The van der Waals surface area contributed by atoms with E-state index in [9.17, 15) is 4.79 Å². The topological polar surface area (TPSA) is 63.0 Å². The number of azo groups is 1. The number of hydrogen-bond acceptors (Lipinski definition) is 4. The fourth-order valence-electron chi connectivity index (χ4n) is 3.01. The minimum Gasteiger partial charge on any atom is -0.483 e. The average molecular weight is 407 g/mol. The van der Waals surface area contributed by atoms with E-state index in [1.165, 1.54) is 0 Å². The Kier molecular flexibility index (Phi) is 6.45. The summed E-state index contributed by atoms with van der Waals surface area (Å²) < 4.78 is 5.79. The first-order chi connectivity index (χ1) is 15.3. The van der Waals surface area contributed by atoms with Crippen LogP contribution in [0, 0.1) is 0 Å². The van der Waals surface area contributed by atoms with Crippen molar-refractivity contribution in [2.45, 2.75) is 0 Å². The molecule has 0 aromatic heterocycles. The van der Waals surface area contributed by atoms with Gasteiger partial charge in [-0.05, 0) is 48.0 Å². The summed E-state index contributed by atoms with van der Waals surface area (Å²) in [6, 6.07) is 34.3. The number of carbonyl (C=O) groups excluding carboxylic acids is 1. The summed E-state index contributed by atoms with van der Waals surface area (Å²) >= 11 is 0. The van der Waals surface area contributed by atoms with Gasteiger partial charge in [0.2, 0.25) is 0 Å². The summed E-state index contributed by atoms with van der Waals surface area (Å²) in [4.78, 5) is 12.4. The van der Waals surface area contributed by atoms with Gasteiger partial charge in [0.15, 0.2) is 6.61 Å². The largest absolute Gasteiger partial charge is 0.483 e. The summed E-state index contributed by atoms with van der Waals surface area (Å²) in [6.07, 6.45) is 0. The second kappa shape index (κ2) is 9.98. The number of carbonyl (C=O) groups is 1. The van der Waals surface area contributed by atoms with Crippen LogP contribution >= 0.6 is 0 Å². The van der Waals surface area contributed by atoms with Gasteiger partial charge in [0.25, 0.3) is 5.91 Å². The van der Waals surface area contributed by atoms with Gasteiger partial charge in [-0.15, -0.1) is 0 Å². The van der Waals surface area contributed by atoms with E-state index in [4.69, 9.17) is 4.74 Å². The predicted molar refractivity (Wildman–Crippen MR) is 123 cm³/mol. The number of benzene rings is 4. The lowest BCUT2D eigenvalue weighted by atomic mass is 10.1. The highest BCUT2D eigenvalue weighted by Gasteiger charge is 2.08. The van der Waals surface area contributed by atoms with Crippen molar-refractivity contribution in [2.24, 2.45) is 10.2 Å². The molecule has 0 unspecified atom stereocenters. The lowest BCUT2D eigenvalue weighted by Crippen LogP contribution is -2.20. The molecule has 0 saturated heterocycles. The van der Waals surface area contributed by atoms with Crippen LogP contribution in [0.25, 0.3) is 11.1 Å². The van der Waals surface area contributed by atoms with Crippen molar-refractivity contribution >= 4 is 23.0 Å². The van der Waals surface area contributed by atoms with Gasteiger partial charge in [0, 0.05) is 11.3 Å². The van der Waals surface area contributed by atoms with Crippen LogP contribution in [0.4, 0.5) is 17.1 Å². The first kappa shape index (κ1) is 20.0. The molecule has 31 heavy (non-hydrogen) atoms. The predicted octanol–water partition coefficient (Wildman–Crippen LogP) is 6.79. The molecule has 152 valence electrons. The summed E-state index contributed by atoms with van der Waals surface area (Å²) in [5.41, 5.74) is 4.15. The smallest absolute Gasteiger partial charge is 0.262 e. The molecule has 0 aliphatic carbocycles. The third-order valence-corrected chi connectivity index (χ3v) is 4.52. The van der Waals surface area contributed by atoms with Gasteiger partial charge in [-0.25, -0.2) is 0 Å². The van der Waals surface area contributed by atoms with Crippen LogP contribution in [-0.2, 0) is 4.79 Å². The fourth-order valence-corrected chi connectivity index (χ4v) is 3.01. The number of nitrogens with zero attached hydrogens (tertiary/aromatic N) is 2. The van der Waals surface area contributed by atoms with Crippen molar-refractivity contribution < 1.29 is 9.53 Å². The highest BCUT2D eigenvalue weighted by Crippen LogP contribution is 2.29. The number of rotatable bonds is 7. The Morgan fingerprint density at radius 2 is 1.26 bits per heavy atom. The lowest BCUT2D eigenvalue weighted by Gasteiger charge is -2.12. The van der Waals surface area contributed by atoms with E-state index in [-0.39, 0.29) is 12.5 Å². The van der Waals surface area contributed by atoms with Crippen molar-refractivity contribution in [3.63, 3.8) is 0 Å². The Balaban J connectivity index is 1.34. The number of amides is 1. The van der Waals surface area contributed by atoms with Crippen LogP contribution in [0.5, 0.6) is 5.75 Å². The maximum absolute atomic E-state index is 12.4. The maximum atomic E-state index is 12.4. The van der Waals surface area contributed by atoms with E-state index in [2.05, 4.69) is 15.5 Å². The van der Waals surface area contributed by atoms with E-state index in [1.54, 1.807) is 24.3 Å². The van der Waals surface area contributed by atoms with Gasteiger partial charge < -0.3 is 10.1 Å². The molecular formula is C26H21N3O2. The molecular weight excluding hydrogens is 386 g/mol. The van der Waals surface area contributed by atoms with Crippen molar-refractivity contribution in [1.82, 2.24) is 0 Å². The molecule has 1 amide bonds. The normalized spacial score (nSPS) is 10.7. The molecule has 0 atom stereocenters. The number of nitrogens with one attached hydrogen (secondary N) is 1. The second-order valence-corrected chi connectivity index (χ2v) is 6.78. The molecule has 0 aliphatic heterocycles. The SMILES string of the molecule is O=C(COc1ccccc1-c1ccccc1)Nc1ccc(N=Nc2ccccc2)cc1. The quantitative estimate of drug-likeness (QED) is 0.343. The summed E-state index contributed by atoms with van der Waals surface area (Å²) in [5.74, 6) is 0.432. The molecule has 0 heterocycles. The highest BCUT2D eigenvalue weighted by atomic mass is 16.5. The Morgan fingerprint density at radius 1 is 0.677 bits per heavy atom. The Labute approximate surface area is 181 Å². The van der Waals surface area contributed by atoms with Crippen molar-refractivity contribution in [2.75, 3.05) is 11.9 Å². The van der Waals surface area contributed by atoms with Crippen LogP contribution in [0.15, 0.2) is 119 Å². The molecule has 0 bridgehead atoms. The second-order valence-electron chi connectivity index (χ2n) is 6.78. The molecule has 5 heteroatoms. The van der Waals surface area contributed by atoms with Gasteiger partial charge in [-0.3, -0.25) is 4.79 Å². The van der Waals surface area contributed by atoms with Crippen molar-refractivity contribution in [3.8, 4) is 16.9 Å². The van der Waals surface area contributed by atoms with Gasteiger partial charge in [-0.2, -0.15) is 10.2 Å².